The number of nitrogens with one attached hydrogen (secondary N) is 1. The highest BCUT2D eigenvalue weighted by atomic mass is 35.5. The Morgan fingerprint density at radius 3 is 2.79 bits per heavy atom. The Hall–Kier alpha value is -0.700. The highest BCUT2D eigenvalue weighted by molar-refractivity contribution is 6.38. The summed E-state index contributed by atoms with van der Waals surface area (Å²) in [6.45, 7) is 5.40. The van der Waals surface area contributed by atoms with Crippen LogP contribution in [0.4, 0.5) is 0 Å². The Morgan fingerprint density at radius 1 is 1.16 bits per heavy atom. The molecule has 1 N–H and O–H groups in total. The molecule has 0 bridgehead atoms. The normalized spacial score (nSPS) is 11.3. The first-order chi connectivity index (χ1) is 9.22. The van der Waals surface area contributed by atoms with Gasteiger partial charge in [-0.3, -0.25) is 0 Å². The molecule has 0 fully saturated rings. The van der Waals surface area contributed by atoms with Crippen molar-refractivity contribution in [3.8, 4) is 0 Å². The van der Waals surface area contributed by atoms with E-state index in [2.05, 4.69) is 29.1 Å². The van der Waals surface area contributed by atoms with Crippen LogP contribution in [-0.4, -0.2) is 17.7 Å². The second kappa shape index (κ2) is 7.18. The second-order valence-electron chi connectivity index (χ2n) is 4.79. The van der Waals surface area contributed by atoms with E-state index in [9.17, 15) is 0 Å². The highest BCUT2D eigenvalue weighted by Crippen LogP contribution is 2.28. The smallest absolute Gasteiger partial charge is 0.0514 e. The van der Waals surface area contributed by atoms with Gasteiger partial charge < -0.3 is 9.88 Å². The van der Waals surface area contributed by atoms with E-state index in [1.54, 1.807) is 6.07 Å². The molecule has 0 atom stereocenters. The van der Waals surface area contributed by atoms with Gasteiger partial charge in [0.1, 0.15) is 0 Å². The van der Waals surface area contributed by atoms with Gasteiger partial charge in [0.15, 0.2) is 0 Å². The number of benzene rings is 1. The molecular weight excluding hydrogens is 279 g/mol. The molecule has 0 spiro atoms. The first-order valence-electron chi connectivity index (χ1n) is 6.87. The van der Waals surface area contributed by atoms with E-state index in [1.807, 2.05) is 6.07 Å². The zero-order valence-corrected chi connectivity index (χ0v) is 12.8. The maximum absolute atomic E-state index is 6.19. The lowest BCUT2D eigenvalue weighted by Crippen LogP contribution is -2.16. The summed E-state index contributed by atoms with van der Waals surface area (Å²) >= 11 is 12.2. The van der Waals surface area contributed by atoms with Crippen LogP contribution >= 0.6 is 23.2 Å². The van der Waals surface area contributed by atoms with E-state index in [4.69, 9.17) is 23.2 Å². The molecule has 2 rings (SSSR count). The summed E-state index contributed by atoms with van der Waals surface area (Å²) in [4.78, 5) is 0. The van der Waals surface area contributed by atoms with Crippen molar-refractivity contribution >= 4 is 34.1 Å². The lowest BCUT2D eigenvalue weighted by atomic mass is 10.2. The van der Waals surface area contributed by atoms with E-state index >= 15 is 0 Å². The van der Waals surface area contributed by atoms with Crippen molar-refractivity contribution in [3.63, 3.8) is 0 Å². The molecule has 0 aliphatic rings. The number of aromatic nitrogens is 1. The van der Waals surface area contributed by atoms with Gasteiger partial charge >= 0.3 is 0 Å². The minimum atomic E-state index is 0.696. The third-order valence-corrected chi connectivity index (χ3v) is 3.76. The highest BCUT2D eigenvalue weighted by Gasteiger charge is 2.06. The van der Waals surface area contributed by atoms with E-state index < -0.39 is 0 Å². The van der Waals surface area contributed by atoms with Crippen molar-refractivity contribution in [2.24, 2.45) is 0 Å². The number of nitrogens with zero attached hydrogens (tertiary/aromatic N) is 1. The van der Waals surface area contributed by atoms with Crippen molar-refractivity contribution in [2.45, 2.75) is 32.7 Å². The Bertz CT molecular complexity index is 534. The van der Waals surface area contributed by atoms with Crippen molar-refractivity contribution < 1.29 is 0 Å². The zero-order chi connectivity index (χ0) is 13.7. The van der Waals surface area contributed by atoms with Crippen molar-refractivity contribution in [2.75, 3.05) is 13.1 Å². The van der Waals surface area contributed by atoms with Crippen LogP contribution < -0.4 is 5.32 Å². The minimum absolute atomic E-state index is 0.696. The molecule has 0 saturated carbocycles. The van der Waals surface area contributed by atoms with Gasteiger partial charge in [-0.15, -0.1) is 0 Å². The third kappa shape index (κ3) is 3.88. The van der Waals surface area contributed by atoms with Crippen LogP contribution in [0.15, 0.2) is 24.4 Å². The average molecular weight is 299 g/mol. The molecule has 2 nitrogen and oxygen atoms in total. The molecule has 0 radical (unpaired) electrons. The monoisotopic (exact) mass is 298 g/mol. The van der Waals surface area contributed by atoms with Gasteiger partial charge in [-0.05, 0) is 50.6 Å². The molecule has 1 aromatic carbocycles. The molecule has 0 aliphatic heterocycles. The lowest BCUT2D eigenvalue weighted by molar-refractivity contribution is 0.575. The van der Waals surface area contributed by atoms with Crippen LogP contribution in [0.3, 0.4) is 0 Å². The van der Waals surface area contributed by atoms with Crippen LogP contribution in [0, 0.1) is 0 Å². The summed E-state index contributed by atoms with van der Waals surface area (Å²) in [5.74, 6) is 0. The largest absolute Gasteiger partial charge is 0.347 e. The van der Waals surface area contributed by atoms with Crippen LogP contribution in [0.1, 0.15) is 26.2 Å². The number of hydrogen-bond acceptors (Lipinski definition) is 1. The maximum atomic E-state index is 6.19. The van der Waals surface area contributed by atoms with E-state index in [0.717, 1.165) is 42.0 Å². The van der Waals surface area contributed by atoms with Crippen LogP contribution in [0.5, 0.6) is 0 Å². The summed E-state index contributed by atoms with van der Waals surface area (Å²) in [7, 11) is 0. The molecule has 4 heteroatoms. The molecule has 104 valence electrons. The summed E-state index contributed by atoms with van der Waals surface area (Å²) in [6.07, 6.45) is 5.63. The van der Waals surface area contributed by atoms with Gasteiger partial charge in [-0.2, -0.15) is 0 Å². The fourth-order valence-electron chi connectivity index (χ4n) is 2.25. The number of aryl methyl sites for hydroxylation is 1. The van der Waals surface area contributed by atoms with Crippen LogP contribution in [-0.2, 0) is 6.54 Å². The summed E-state index contributed by atoms with van der Waals surface area (Å²) in [5.41, 5.74) is 1.12. The predicted octanol–water partition coefficient (Wildman–Crippen LogP) is 4.73. The van der Waals surface area contributed by atoms with Gasteiger partial charge in [-0.1, -0.05) is 30.1 Å². The molecule has 2 aromatic rings. The lowest BCUT2D eigenvalue weighted by Gasteiger charge is -2.07. The van der Waals surface area contributed by atoms with Crippen molar-refractivity contribution in [3.05, 3.63) is 34.4 Å². The minimum Gasteiger partial charge on any atom is -0.347 e. The van der Waals surface area contributed by atoms with Gasteiger partial charge in [0.05, 0.1) is 10.5 Å². The number of fused-ring (bicyclic) bond motifs is 1. The summed E-state index contributed by atoms with van der Waals surface area (Å²) < 4.78 is 2.23. The zero-order valence-electron chi connectivity index (χ0n) is 11.3. The van der Waals surface area contributed by atoms with Crippen LogP contribution in [0.2, 0.25) is 10.0 Å². The average Bonchev–Trinajstić information content (AvgIpc) is 2.77. The first kappa shape index (κ1) is 14.7. The van der Waals surface area contributed by atoms with E-state index in [1.165, 1.54) is 12.8 Å². The molecular formula is C15H20Cl2N2. The van der Waals surface area contributed by atoms with Gasteiger partial charge in [0, 0.05) is 23.2 Å². The third-order valence-electron chi connectivity index (χ3n) is 3.23. The van der Waals surface area contributed by atoms with Gasteiger partial charge in [0.2, 0.25) is 0 Å². The first-order valence-corrected chi connectivity index (χ1v) is 7.62. The Kier molecular flexibility index (Phi) is 5.56. The number of halogens is 2. The SMILES string of the molecule is CCCNCCCCn1ccc2c(Cl)cc(Cl)cc21. The maximum Gasteiger partial charge on any atom is 0.0514 e. The molecule has 0 aliphatic carbocycles. The number of rotatable bonds is 7. The quantitative estimate of drug-likeness (QED) is 0.731. The second-order valence-corrected chi connectivity index (χ2v) is 5.63. The molecule has 0 unspecified atom stereocenters. The van der Waals surface area contributed by atoms with E-state index in [0.29, 0.717) is 5.02 Å². The molecule has 0 amide bonds. The molecule has 1 aromatic heterocycles. The van der Waals surface area contributed by atoms with Crippen molar-refractivity contribution in [1.82, 2.24) is 9.88 Å². The fourth-order valence-corrected chi connectivity index (χ4v) is 2.79. The number of hydrogen-bond donors (Lipinski definition) is 1. The molecule has 19 heavy (non-hydrogen) atoms. The Balaban J connectivity index is 1.94. The van der Waals surface area contributed by atoms with Gasteiger partial charge in [0.25, 0.3) is 0 Å². The predicted molar refractivity (Wildman–Crippen MR) is 84.4 cm³/mol. The van der Waals surface area contributed by atoms with Crippen LogP contribution in [0.25, 0.3) is 10.9 Å². The number of unbranched alkanes of at least 4 members (excludes halogenated alkanes) is 1. The van der Waals surface area contributed by atoms with Gasteiger partial charge in [-0.25, -0.2) is 0 Å². The standard InChI is InChI=1S/C15H20Cl2N2/c1-2-6-18-7-3-4-8-19-9-5-13-14(17)10-12(16)11-15(13)19/h5,9-11,18H,2-4,6-8H2,1H3. The Labute approximate surface area is 124 Å². The summed E-state index contributed by atoms with van der Waals surface area (Å²) in [5, 5.41) is 5.92. The molecule has 1 heterocycles. The molecule has 0 saturated heterocycles. The Morgan fingerprint density at radius 2 is 2.00 bits per heavy atom. The van der Waals surface area contributed by atoms with E-state index in [-0.39, 0.29) is 0 Å². The fraction of sp³-hybridized carbons (Fsp3) is 0.467. The topological polar surface area (TPSA) is 17.0 Å². The summed E-state index contributed by atoms with van der Waals surface area (Å²) in [6, 6.07) is 5.84. The van der Waals surface area contributed by atoms with Crippen molar-refractivity contribution in [1.29, 1.82) is 0 Å².